The molecule has 0 heterocycles. The molecule has 1 aromatic rings. The summed E-state index contributed by atoms with van der Waals surface area (Å²) in [6.45, 7) is 8.62. The van der Waals surface area contributed by atoms with Crippen LogP contribution in [0.3, 0.4) is 0 Å². The molecule has 0 nitrogen and oxygen atoms in total. The first-order valence-corrected chi connectivity index (χ1v) is 4.91. The third-order valence-electron chi connectivity index (χ3n) is 2.62. The lowest BCUT2D eigenvalue weighted by Crippen LogP contribution is -1.88. The largest absolute Gasteiger partial charge is 0.0841 e. The van der Waals surface area contributed by atoms with Gasteiger partial charge in [-0.15, -0.1) is 0 Å². The molecular weight excluding hydrogens is 156 g/mol. The van der Waals surface area contributed by atoms with Gasteiger partial charge in [0.25, 0.3) is 0 Å². The van der Waals surface area contributed by atoms with Crippen LogP contribution in [-0.4, -0.2) is 0 Å². The predicted molar refractivity (Wildman–Crippen MR) is 59.9 cm³/mol. The Labute approximate surface area is 81.3 Å². The third kappa shape index (κ3) is 2.21. The van der Waals surface area contributed by atoms with Crippen LogP contribution in [0.5, 0.6) is 0 Å². The minimum Gasteiger partial charge on any atom is -0.0841 e. The second-order valence-corrected chi connectivity index (χ2v) is 3.47. The van der Waals surface area contributed by atoms with Gasteiger partial charge in [0.1, 0.15) is 0 Å². The molecule has 0 saturated heterocycles. The average Bonchev–Trinajstić information content (AvgIpc) is 2.17. The first-order chi connectivity index (χ1) is 6.19. The average molecular weight is 174 g/mol. The van der Waals surface area contributed by atoms with Crippen molar-refractivity contribution in [2.75, 3.05) is 0 Å². The van der Waals surface area contributed by atoms with Crippen molar-refractivity contribution in [3.05, 3.63) is 41.0 Å². The van der Waals surface area contributed by atoms with Gasteiger partial charge in [-0.25, -0.2) is 0 Å². The Bertz CT molecular complexity index is 319. The van der Waals surface area contributed by atoms with Crippen LogP contribution in [0.2, 0.25) is 0 Å². The molecule has 0 atom stereocenters. The van der Waals surface area contributed by atoms with Crippen molar-refractivity contribution in [2.24, 2.45) is 0 Å². The van der Waals surface area contributed by atoms with E-state index in [1.165, 1.54) is 22.3 Å². The van der Waals surface area contributed by atoms with Crippen molar-refractivity contribution in [1.29, 1.82) is 0 Å². The summed E-state index contributed by atoms with van der Waals surface area (Å²) in [6.07, 6.45) is 3.28. The van der Waals surface area contributed by atoms with E-state index in [9.17, 15) is 0 Å². The molecular formula is C13H18. The molecule has 13 heavy (non-hydrogen) atoms. The summed E-state index contributed by atoms with van der Waals surface area (Å²) >= 11 is 0. The molecule has 0 bridgehead atoms. The summed E-state index contributed by atoms with van der Waals surface area (Å²) in [5.74, 6) is 0. The quantitative estimate of drug-likeness (QED) is 0.636. The van der Waals surface area contributed by atoms with E-state index in [4.69, 9.17) is 0 Å². The molecule has 0 heteroatoms. The van der Waals surface area contributed by atoms with Crippen LogP contribution in [0.25, 0.3) is 5.57 Å². The van der Waals surface area contributed by atoms with Crippen molar-refractivity contribution < 1.29 is 0 Å². The topological polar surface area (TPSA) is 0 Å². The van der Waals surface area contributed by atoms with E-state index in [1.807, 2.05) is 0 Å². The van der Waals surface area contributed by atoms with Gasteiger partial charge in [0.05, 0.1) is 0 Å². The Balaban J connectivity index is 3.13. The molecule has 1 rings (SSSR count). The molecule has 0 unspecified atom stereocenters. The number of hydrogen-bond acceptors (Lipinski definition) is 0. The molecule has 0 aromatic heterocycles. The van der Waals surface area contributed by atoms with Crippen LogP contribution in [0.4, 0.5) is 0 Å². The molecule has 0 aliphatic rings. The lowest BCUT2D eigenvalue weighted by Gasteiger charge is -2.06. The summed E-state index contributed by atoms with van der Waals surface area (Å²) in [7, 11) is 0. The maximum absolute atomic E-state index is 2.30. The maximum Gasteiger partial charge on any atom is -0.0228 e. The summed E-state index contributed by atoms with van der Waals surface area (Å²) in [5.41, 5.74) is 5.56. The van der Waals surface area contributed by atoms with E-state index in [0.29, 0.717) is 0 Å². The molecule has 0 aliphatic heterocycles. The lowest BCUT2D eigenvalue weighted by molar-refractivity contribution is 1.11. The molecule has 0 saturated carbocycles. The van der Waals surface area contributed by atoms with E-state index < -0.39 is 0 Å². The molecule has 0 radical (unpaired) electrons. The smallest absolute Gasteiger partial charge is 0.0228 e. The molecule has 0 spiro atoms. The van der Waals surface area contributed by atoms with E-state index in [2.05, 4.69) is 52.0 Å². The zero-order valence-electron chi connectivity index (χ0n) is 9.02. The molecule has 70 valence electrons. The summed E-state index contributed by atoms with van der Waals surface area (Å²) < 4.78 is 0. The molecule has 0 amide bonds. The Hall–Kier alpha value is -1.04. The standard InChI is InChI=1S/C13H18/c1-5-10(3)13-8-7-11(4)12(6-2)9-13/h5,7-9H,6H2,1-4H3/b10-5+. The number of hydrogen-bond donors (Lipinski definition) is 0. The van der Waals surface area contributed by atoms with Gasteiger partial charge in [-0.2, -0.15) is 0 Å². The van der Waals surface area contributed by atoms with Crippen molar-refractivity contribution in [2.45, 2.75) is 34.1 Å². The Morgan fingerprint density at radius 3 is 2.62 bits per heavy atom. The fraction of sp³-hybridized carbons (Fsp3) is 0.385. The predicted octanol–water partition coefficient (Wildman–Crippen LogP) is 3.98. The Kier molecular flexibility index (Phi) is 3.30. The Morgan fingerprint density at radius 2 is 2.08 bits per heavy atom. The molecule has 0 fully saturated rings. The number of aryl methyl sites for hydroxylation is 2. The van der Waals surface area contributed by atoms with Gasteiger partial charge >= 0.3 is 0 Å². The molecule has 0 aliphatic carbocycles. The van der Waals surface area contributed by atoms with E-state index in [1.54, 1.807) is 0 Å². The summed E-state index contributed by atoms with van der Waals surface area (Å²) in [4.78, 5) is 0. The highest BCUT2D eigenvalue weighted by atomic mass is 14.0. The van der Waals surface area contributed by atoms with E-state index in [-0.39, 0.29) is 0 Å². The van der Waals surface area contributed by atoms with Crippen molar-refractivity contribution in [3.63, 3.8) is 0 Å². The van der Waals surface area contributed by atoms with Crippen LogP contribution < -0.4 is 0 Å². The highest BCUT2D eigenvalue weighted by Gasteiger charge is 1.99. The lowest BCUT2D eigenvalue weighted by atomic mass is 9.99. The first-order valence-electron chi connectivity index (χ1n) is 4.91. The van der Waals surface area contributed by atoms with Crippen molar-refractivity contribution in [3.8, 4) is 0 Å². The Morgan fingerprint density at radius 1 is 1.38 bits per heavy atom. The van der Waals surface area contributed by atoms with Gasteiger partial charge < -0.3 is 0 Å². The highest BCUT2D eigenvalue weighted by Crippen LogP contribution is 2.18. The zero-order valence-corrected chi connectivity index (χ0v) is 9.02. The van der Waals surface area contributed by atoms with Gasteiger partial charge in [0.15, 0.2) is 0 Å². The van der Waals surface area contributed by atoms with E-state index in [0.717, 1.165) is 6.42 Å². The highest BCUT2D eigenvalue weighted by molar-refractivity contribution is 5.64. The second kappa shape index (κ2) is 4.27. The van der Waals surface area contributed by atoms with Crippen LogP contribution in [0.1, 0.15) is 37.5 Å². The normalized spacial score (nSPS) is 11.8. The minimum absolute atomic E-state index is 1.12. The molecule has 1 aromatic carbocycles. The van der Waals surface area contributed by atoms with Crippen LogP contribution in [0.15, 0.2) is 24.3 Å². The number of rotatable bonds is 2. The van der Waals surface area contributed by atoms with Gasteiger partial charge in [-0.1, -0.05) is 31.2 Å². The van der Waals surface area contributed by atoms with Crippen molar-refractivity contribution in [1.82, 2.24) is 0 Å². The SMILES string of the molecule is C/C=C(\C)c1ccc(C)c(CC)c1. The van der Waals surface area contributed by atoms with Gasteiger partial charge in [0, 0.05) is 0 Å². The van der Waals surface area contributed by atoms with Gasteiger partial charge in [0.2, 0.25) is 0 Å². The molecule has 0 N–H and O–H groups in total. The van der Waals surface area contributed by atoms with Gasteiger partial charge in [-0.3, -0.25) is 0 Å². The number of benzene rings is 1. The minimum atomic E-state index is 1.12. The monoisotopic (exact) mass is 174 g/mol. The van der Waals surface area contributed by atoms with Crippen LogP contribution in [0, 0.1) is 6.92 Å². The number of allylic oxidation sites excluding steroid dienone is 2. The summed E-state index contributed by atoms with van der Waals surface area (Å²) in [5, 5.41) is 0. The van der Waals surface area contributed by atoms with E-state index >= 15 is 0 Å². The fourth-order valence-corrected chi connectivity index (χ4v) is 1.46. The van der Waals surface area contributed by atoms with Crippen molar-refractivity contribution >= 4 is 5.57 Å². The maximum atomic E-state index is 2.30. The van der Waals surface area contributed by atoms with Crippen LogP contribution in [-0.2, 0) is 6.42 Å². The van der Waals surface area contributed by atoms with Gasteiger partial charge in [-0.05, 0) is 49.5 Å². The second-order valence-electron chi connectivity index (χ2n) is 3.47. The third-order valence-corrected chi connectivity index (χ3v) is 2.62. The van der Waals surface area contributed by atoms with Crippen LogP contribution >= 0.6 is 0 Å². The fourth-order valence-electron chi connectivity index (χ4n) is 1.46. The summed E-state index contributed by atoms with van der Waals surface area (Å²) in [6, 6.07) is 6.70. The first kappa shape index (κ1) is 10.0. The zero-order chi connectivity index (χ0) is 9.84.